The van der Waals surface area contributed by atoms with Crippen LogP contribution < -0.4 is 16.4 Å². The molecule has 0 fully saturated rings. The minimum atomic E-state index is -4.39. The van der Waals surface area contributed by atoms with Crippen LogP contribution in [-0.4, -0.2) is 79.8 Å². The third-order valence-electron chi connectivity index (χ3n) is 13.6. The highest BCUT2D eigenvalue weighted by atomic mass is 35.5. The Labute approximate surface area is 558 Å². The number of alkyl halides is 6. The normalized spacial score (nSPS) is 11.7. The highest BCUT2D eigenvalue weighted by Gasteiger charge is 2.31. The van der Waals surface area contributed by atoms with E-state index in [9.17, 15) is 31.4 Å². The molecule has 0 aliphatic carbocycles. The van der Waals surface area contributed by atoms with Crippen LogP contribution in [0.5, 0.6) is 0 Å². The number of aliphatic hydroxyl groups is 1. The van der Waals surface area contributed by atoms with E-state index >= 15 is 0 Å². The Balaban J connectivity index is 0.000000135. The number of aromatic nitrogens is 14. The van der Waals surface area contributed by atoms with Crippen LogP contribution in [0, 0.1) is 6.92 Å². The van der Waals surface area contributed by atoms with E-state index in [0.29, 0.717) is 67.3 Å². The number of aryl methyl sites for hydroxylation is 1. The van der Waals surface area contributed by atoms with E-state index in [1.807, 2.05) is 133 Å². The zero-order valence-corrected chi connectivity index (χ0v) is 52.7. The first-order valence-corrected chi connectivity index (χ1v) is 29.9. The van der Waals surface area contributed by atoms with Crippen LogP contribution in [0.25, 0.3) is 50.6 Å². The SMILES string of the molecule is C1=Nc2ccccc2C1.CC(O)c1nc2ccccc2n1-c1cncc(Nc2ccc(C(F)(F)F)cc2)n1.Cc1ccc(N)cc1.Clc1cncc(-n2cnc3ccccc32)n1.Clc1cncc(Cl)n1.FC(F)(F)c1ccc(Nc2cncc(-n3cnc4ccccc43)n2)cc1. The lowest BCUT2D eigenvalue weighted by atomic mass is 10.2. The van der Waals surface area contributed by atoms with E-state index in [2.05, 4.69) is 76.5 Å². The molecular weight excluding hydrogens is 1310 g/mol. The largest absolute Gasteiger partial charge is 0.416 e. The van der Waals surface area contributed by atoms with Gasteiger partial charge in [-0.3, -0.25) is 38.6 Å². The van der Waals surface area contributed by atoms with Crippen molar-refractivity contribution >= 4 is 109 Å². The highest BCUT2D eigenvalue weighted by molar-refractivity contribution is 6.32. The van der Waals surface area contributed by atoms with Crippen molar-refractivity contribution in [2.24, 2.45) is 4.99 Å². The molecule has 0 radical (unpaired) electrons. The number of halogens is 9. The summed E-state index contributed by atoms with van der Waals surface area (Å²) in [6.07, 6.45) is 8.81. The molecule has 0 bridgehead atoms. The number of rotatable bonds is 8. The molecule has 0 amide bonds. The first-order valence-electron chi connectivity index (χ1n) is 28.8. The zero-order chi connectivity index (χ0) is 67.8. The summed E-state index contributed by atoms with van der Waals surface area (Å²) in [4.78, 5) is 50.0. The van der Waals surface area contributed by atoms with Crippen molar-refractivity contribution in [1.82, 2.24) is 68.5 Å². The Morgan fingerprint density at radius 3 is 1.40 bits per heavy atom. The predicted molar refractivity (Wildman–Crippen MR) is 361 cm³/mol. The average Bonchev–Trinajstić information content (AvgIpc) is 1.63. The van der Waals surface area contributed by atoms with Gasteiger partial charge in [-0.2, -0.15) is 26.3 Å². The second-order valence-electron chi connectivity index (χ2n) is 20.5. The van der Waals surface area contributed by atoms with Crippen LogP contribution in [0.2, 0.25) is 15.5 Å². The van der Waals surface area contributed by atoms with Crippen molar-refractivity contribution in [3.63, 3.8) is 0 Å². The standard InChI is InChI=1S/C20H16F3N5O.C18H12F3N5.C11H7ClN4.C8H7N.C7H9N.C4H2Cl2N2/c1-12(29)19-26-15-4-2-3-5-16(15)28(19)18-11-24-10-17(27-18)25-14-8-6-13(7-9-14)20(21,22)23;19-18(20,21)12-5-7-13(8-6-12)24-16-9-22-10-17(25-16)26-11-23-14-3-1-2-4-15(14)26;12-10-5-13-6-11(15-10)16-7-14-8-3-1-2-4-9(8)16;1-2-4-8-7(3-1)5-6-9-8;1-6-2-4-7(8)5-3-6;5-3-1-7-2-4(6)8-3/h2-12,29H,1H3,(H,25,27);1-11H,(H,24,25);1-7H;1-4,6H,5H2;2-5H,8H2,1H3;1-2H. The van der Waals surface area contributed by atoms with E-state index in [4.69, 9.17) is 40.5 Å². The number of hydrogen-bond donors (Lipinski definition) is 4. The molecule has 15 rings (SSSR count). The van der Waals surface area contributed by atoms with Crippen LogP contribution in [0.15, 0.2) is 237 Å². The number of benzene rings is 7. The number of para-hydroxylation sites is 7. The number of nitrogens with one attached hydrogen (secondary N) is 2. The highest BCUT2D eigenvalue weighted by Crippen LogP contribution is 2.33. The van der Waals surface area contributed by atoms with E-state index < -0.39 is 29.6 Å². The number of hydrogen-bond acceptors (Lipinski definition) is 16. The first-order chi connectivity index (χ1) is 46.2. The molecule has 19 nitrogen and oxygen atoms in total. The summed E-state index contributed by atoms with van der Waals surface area (Å²) < 4.78 is 81.4. The molecule has 1 aliphatic heterocycles. The monoisotopic (exact) mass is 1360 g/mol. The molecule has 14 aromatic rings. The van der Waals surface area contributed by atoms with E-state index in [-0.39, 0.29) is 0 Å². The molecule has 8 heterocycles. The maximum atomic E-state index is 12.7. The van der Waals surface area contributed by atoms with Crippen molar-refractivity contribution in [3.05, 3.63) is 276 Å². The van der Waals surface area contributed by atoms with Gasteiger partial charge >= 0.3 is 12.4 Å². The Morgan fingerprint density at radius 1 is 0.479 bits per heavy atom. The van der Waals surface area contributed by atoms with Crippen molar-refractivity contribution in [2.45, 2.75) is 38.7 Å². The Hall–Kier alpha value is -11.3. The molecule has 7 aromatic heterocycles. The second-order valence-corrected chi connectivity index (χ2v) is 21.7. The first kappa shape index (κ1) is 67.6. The topological polar surface area (TPSA) is 239 Å². The fourth-order valence-electron chi connectivity index (χ4n) is 9.07. The fourth-order valence-corrected chi connectivity index (χ4v) is 9.55. The summed E-state index contributed by atoms with van der Waals surface area (Å²) in [7, 11) is 0. The number of fused-ring (bicyclic) bond motifs is 4. The molecule has 28 heteroatoms. The summed E-state index contributed by atoms with van der Waals surface area (Å²) >= 11 is 16.6. The van der Waals surface area contributed by atoms with E-state index in [1.165, 1.54) is 72.6 Å². The van der Waals surface area contributed by atoms with Gasteiger partial charge in [0.1, 0.15) is 40.0 Å². The van der Waals surface area contributed by atoms with Crippen LogP contribution in [0.4, 0.5) is 60.7 Å². The van der Waals surface area contributed by atoms with Gasteiger partial charge in [0.2, 0.25) is 0 Å². The molecule has 0 saturated carbocycles. The van der Waals surface area contributed by atoms with Crippen LogP contribution in [0.1, 0.15) is 41.1 Å². The van der Waals surface area contributed by atoms with E-state index in [1.54, 1.807) is 41.1 Å². The smallest absolute Gasteiger partial charge is 0.399 e. The number of aliphatic imine (C=N–C) groups is 1. The summed E-state index contributed by atoms with van der Waals surface area (Å²) in [6.45, 7) is 3.65. The average molecular weight is 1360 g/mol. The molecule has 1 aliphatic rings. The minimum Gasteiger partial charge on any atom is -0.399 e. The third-order valence-corrected chi connectivity index (χ3v) is 14.1. The Morgan fingerprint density at radius 2 is 0.917 bits per heavy atom. The van der Waals surface area contributed by atoms with Gasteiger partial charge in [0.25, 0.3) is 0 Å². The second kappa shape index (κ2) is 31.1. The van der Waals surface area contributed by atoms with Gasteiger partial charge in [-0.1, -0.05) is 107 Å². The lowest BCUT2D eigenvalue weighted by Crippen LogP contribution is -2.08. The van der Waals surface area contributed by atoms with E-state index in [0.717, 1.165) is 69.6 Å². The van der Waals surface area contributed by atoms with Gasteiger partial charge < -0.3 is 21.5 Å². The van der Waals surface area contributed by atoms with Gasteiger partial charge in [-0.05, 0) is 123 Å². The van der Waals surface area contributed by atoms with Crippen LogP contribution in [0.3, 0.4) is 0 Å². The summed E-state index contributed by atoms with van der Waals surface area (Å²) in [5, 5.41) is 17.0. The summed E-state index contributed by atoms with van der Waals surface area (Å²) in [6, 6.07) is 48.2. The summed E-state index contributed by atoms with van der Waals surface area (Å²) in [5.74, 6) is 2.81. The Bertz CT molecular complexity index is 4880. The molecule has 0 spiro atoms. The van der Waals surface area contributed by atoms with Gasteiger partial charge in [-0.25, -0.2) is 34.9 Å². The quantitative estimate of drug-likeness (QED) is 0.0817. The number of nitrogens with two attached hydrogens (primary N) is 1. The number of imidazole rings is 3. The molecular formula is C68H53Cl3F6N18O. The zero-order valence-electron chi connectivity index (χ0n) is 50.4. The van der Waals surface area contributed by atoms with Gasteiger partial charge in [-0.15, -0.1) is 0 Å². The van der Waals surface area contributed by atoms with Crippen molar-refractivity contribution in [2.75, 3.05) is 16.4 Å². The molecule has 5 N–H and O–H groups in total. The number of aliphatic hydroxyl groups excluding tert-OH is 1. The van der Waals surface area contributed by atoms with Gasteiger partial charge in [0, 0.05) is 29.7 Å². The molecule has 1 unspecified atom stereocenters. The molecule has 484 valence electrons. The maximum absolute atomic E-state index is 12.7. The molecule has 1 atom stereocenters. The van der Waals surface area contributed by atoms with Gasteiger partial charge in [0.05, 0.1) is 99.5 Å². The van der Waals surface area contributed by atoms with Crippen molar-refractivity contribution < 1.29 is 31.4 Å². The predicted octanol–water partition coefficient (Wildman–Crippen LogP) is 17.0. The summed E-state index contributed by atoms with van der Waals surface area (Å²) in [5.41, 5.74) is 14.6. The lowest BCUT2D eigenvalue weighted by Gasteiger charge is -2.12. The third kappa shape index (κ3) is 18.1. The molecule has 0 saturated heterocycles. The van der Waals surface area contributed by atoms with Gasteiger partial charge in [0.15, 0.2) is 29.1 Å². The van der Waals surface area contributed by atoms with Crippen LogP contribution in [-0.2, 0) is 18.8 Å². The maximum Gasteiger partial charge on any atom is 0.416 e. The van der Waals surface area contributed by atoms with Crippen molar-refractivity contribution in [3.8, 4) is 17.5 Å². The number of nitrogens with zero attached hydrogens (tertiary/aromatic N) is 15. The number of nitrogen functional groups attached to an aromatic ring is 1. The lowest BCUT2D eigenvalue weighted by molar-refractivity contribution is -0.138. The van der Waals surface area contributed by atoms with Crippen molar-refractivity contribution in [1.29, 1.82) is 0 Å². The Kier molecular flexibility index (Phi) is 21.9. The molecule has 7 aromatic carbocycles. The fraction of sp³-hybridized carbons (Fsp3) is 0.0882. The molecule has 96 heavy (non-hydrogen) atoms. The number of anilines is 5. The minimum absolute atomic E-state index is 0.317. The van der Waals surface area contributed by atoms with Crippen LogP contribution >= 0.6 is 34.8 Å².